The third kappa shape index (κ3) is 2.88. The number of carbonyl (C=O) groups is 1. The van der Waals surface area contributed by atoms with Crippen LogP contribution in [0.3, 0.4) is 0 Å². The van der Waals surface area contributed by atoms with E-state index >= 15 is 0 Å². The maximum atomic E-state index is 13.5. The second-order valence-corrected chi connectivity index (χ2v) is 7.64. The van der Waals surface area contributed by atoms with Crippen LogP contribution in [0, 0.1) is 6.92 Å². The molecule has 5 aromatic heterocycles. The van der Waals surface area contributed by atoms with Gasteiger partial charge in [-0.3, -0.25) is 9.78 Å². The Morgan fingerprint density at radius 2 is 2.16 bits per heavy atom. The van der Waals surface area contributed by atoms with Crippen molar-refractivity contribution in [2.24, 2.45) is 0 Å². The molecule has 0 spiro atoms. The van der Waals surface area contributed by atoms with Crippen molar-refractivity contribution in [3.8, 4) is 11.5 Å². The molecule has 1 atom stereocenters. The van der Waals surface area contributed by atoms with Crippen LogP contribution in [0.1, 0.15) is 39.5 Å². The molecule has 0 saturated carbocycles. The first kappa shape index (κ1) is 18.4. The maximum Gasteiger partial charge on any atom is 0.312 e. The van der Waals surface area contributed by atoms with E-state index in [1.54, 1.807) is 35.8 Å². The van der Waals surface area contributed by atoms with Gasteiger partial charge >= 0.3 is 11.8 Å². The third-order valence-electron chi connectivity index (χ3n) is 5.68. The maximum absolute atomic E-state index is 13.5. The molecule has 0 fully saturated rings. The first-order valence-corrected chi connectivity index (χ1v) is 10.2. The van der Waals surface area contributed by atoms with Crippen molar-refractivity contribution in [3.05, 3.63) is 83.8 Å². The van der Waals surface area contributed by atoms with Crippen LogP contribution in [0.25, 0.3) is 17.0 Å². The highest BCUT2D eigenvalue weighted by Crippen LogP contribution is 2.34. The van der Waals surface area contributed by atoms with Crippen LogP contribution >= 0.6 is 0 Å². The molecule has 5 aromatic rings. The number of hydrogen-bond donors (Lipinski definition) is 1. The molecule has 10 heteroatoms. The van der Waals surface area contributed by atoms with E-state index in [0.717, 1.165) is 28.3 Å². The summed E-state index contributed by atoms with van der Waals surface area (Å²) >= 11 is 0. The molecule has 1 amide bonds. The van der Waals surface area contributed by atoms with Crippen LogP contribution in [0.15, 0.2) is 59.5 Å². The summed E-state index contributed by atoms with van der Waals surface area (Å²) in [6.07, 6.45) is 5.57. The van der Waals surface area contributed by atoms with Crippen molar-refractivity contribution in [1.29, 1.82) is 0 Å². The van der Waals surface area contributed by atoms with Gasteiger partial charge in [0, 0.05) is 36.7 Å². The summed E-state index contributed by atoms with van der Waals surface area (Å²) in [5.74, 6) is -0.188. The third-order valence-corrected chi connectivity index (χ3v) is 5.68. The predicted octanol–water partition coefficient (Wildman–Crippen LogP) is 2.60. The van der Waals surface area contributed by atoms with Gasteiger partial charge in [-0.15, -0.1) is 10.2 Å². The fraction of sp³-hybridized carbons (Fsp3) is 0.182. The normalized spacial score (nSPS) is 15.8. The first-order valence-electron chi connectivity index (χ1n) is 10.2. The summed E-state index contributed by atoms with van der Waals surface area (Å²) in [6, 6.07) is 11.0. The number of aryl methyl sites for hydroxylation is 1. The van der Waals surface area contributed by atoms with E-state index in [2.05, 4.69) is 25.1 Å². The molecule has 158 valence electrons. The zero-order valence-corrected chi connectivity index (χ0v) is 17.1. The standard InChI is InChI=1S/C22H18N8O2/c1-13-4-2-6-15-10-17(28-30(13)15)19-18-16(24-12-25-18)7-9-29(19)22(31)21-27-26-20(32-21)14-5-3-8-23-11-14/h2-6,8,10-12,19H,7,9H2,1H3,(H,24,25). The van der Waals surface area contributed by atoms with Gasteiger partial charge in [0.25, 0.3) is 0 Å². The molecule has 0 radical (unpaired) electrons. The molecule has 1 aliphatic heterocycles. The molecule has 0 bridgehead atoms. The minimum Gasteiger partial charge on any atom is -0.412 e. The minimum atomic E-state index is -0.467. The van der Waals surface area contributed by atoms with Gasteiger partial charge in [0.05, 0.1) is 28.8 Å². The lowest BCUT2D eigenvalue weighted by Crippen LogP contribution is -2.41. The topological polar surface area (TPSA) is 118 Å². The Kier molecular flexibility index (Phi) is 4.10. The van der Waals surface area contributed by atoms with Crippen molar-refractivity contribution < 1.29 is 9.21 Å². The minimum absolute atomic E-state index is 0.0761. The van der Waals surface area contributed by atoms with Crippen LogP contribution in [0.5, 0.6) is 0 Å². The molecule has 32 heavy (non-hydrogen) atoms. The molecule has 1 N–H and O–H groups in total. The van der Waals surface area contributed by atoms with Crippen molar-refractivity contribution >= 4 is 11.4 Å². The number of hydrogen-bond acceptors (Lipinski definition) is 7. The van der Waals surface area contributed by atoms with E-state index in [4.69, 9.17) is 9.52 Å². The Labute approximate surface area is 181 Å². The molecule has 1 unspecified atom stereocenters. The Morgan fingerprint density at radius 3 is 3.00 bits per heavy atom. The van der Waals surface area contributed by atoms with E-state index in [1.807, 2.05) is 35.7 Å². The lowest BCUT2D eigenvalue weighted by atomic mass is 9.99. The van der Waals surface area contributed by atoms with Crippen molar-refractivity contribution in [1.82, 2.24) is 39.7 Å². The molecular formula is C22H18N8O2. The molecule has 6 rings (SSSR count). The summed E-state index contributed by atoms with van der Waals surface area (Å²) in [5, 5.41) is 12.8. The van der Waals surface area contributed by atoms with Crippen LogP contribution in [0.4, 0.5) is 0 Å². The van der Waals surface area contributed by atoms with Gasteiger partial charge in [0.15, 0.2) is 0 Å². The average Bonchev–Trinajstić information content (AvgIpc) is 3.58. The molecule has 0 saturated heterocycles. The smallest absolute Gasteiger partial charge is 0.312 e. The number of nitrogens with one attached hydrogen (secondary N) is 1. The van der Waals surface area contributed by atoms with Crippen LogP contribution < -0.4 is 0 Å². The van der Waals surface area contributed by atoms with Gasteiger partial charge in [-0.05, 0) is 37.3 Å². The number of aromatic nitrogens is 7. The Bertz CT molecular complexity index is 1430. The number of amides is 1. The highest BCUT2D eigenvalue weighted by Gasteiger charge is 2.38. The fourth-order valence-electron chi connectivity index (χ4n) is 4.14. The summed E-state index contributed by atoms with van der Waals surface area (Å²) in [5.41, 5.74) is 5.11. The van der Waals surface area contributed by atoms with Gasteiger partial charge in [-0.25, -0.2) is 9.50 Å². The van der Waals surface area contributed by atoms with E-state index < -0.39 is 6.04 Å². The summed E-state index contributed by atoms with van der Waals surface area (Å²) in [7, 11) is 0. The fourth-order valence-corrected chi connectivity index (χ4v) is 4.14. The van der Waals surface area contributed by atoms with Gasteiger partial charge < -0.3 is 14.3 Å². The number of imidazole rings is 1. The van der Waals surface area contributed by atoms with Crippen LogP contribution in [-0.2, 0) is 6.42 Å². The Morgan fingerprint density at radius 1 is 1.22 bits per heavy atom. The molecule has 6 heterocycles. The van der Waals surface area contributed by atoms with Crippen LogP contribution in [-0.4, -0.2) is 52.1 Å². The van der Waals surface area contributed by atoms with Crippen molar-refractivity contribution in [2.75, 3.05) is 6.54 Å². The molecule has 1 aliphatic rings. The monoisotopic (exact) mass is 426 g/mol. The van der Waals surface area contributed by atoms with Crippen molar-refractivity contribution in [2.45, 2.75) is 19.4 Å². The first-order chi connectivity index (χ1) is 15.7. The van der Waals surface area contributed by atoms with Crippen LogP contribution in [0.2, 0.25) is 0 Å². The zero-order valence-electron chi connectivity index (χ0n) is 17.1. The van der Waals surface area contributed by atoms with E-state index in [9.17, 15) is 4.79 Å². The second-order valence-electron chi connectivity index (χ2n) is 7.64. The highest BCUT2D eigenvalue weighted by atomic mass is 16.4. The van der Waals surface area contributed by atoms with E-state index in [-0.39, 0.29) is 17.7 Å². The average molecular weight is 426 g/mol. The number of carbonyl (C=O) groups excluding carboxylic acids is 1. The van der Waals surface area contributed by atoms with Gasteiger partial charge in [0.2, 0.25) is 5.89 Å². The summed E-state index contributed by atoms with van der Waals surface area (Å²) in [4.78, 5) is 26.9. The lowest BCUT2D eigenvalue weighted by Gasteiger charge is -2.32. The van der Waals surface area contributed by atoms with E-state index in [1.165, 1.54) is 0 Å². The quantitative estimate of drug-likeness (QED) is 0.471. The van der Waals surface area contributed by atoms with Gasteiger partial charge in [-0.2, -0.15) is 5.10 Å². The molecular weight excluding hydrogens is 408 g/mol. The Balaban J connectivity index is 1.41. The summed E-state index contributed by atoms with van der Waals surface area (Å²) < 4.78 is 7.58. The van der Waals surface area contributed by atoms with Crippen molar-refractivity contribution in [3.63, 3.8) is 0 Å². The number of pyridine rings is 2. The molecule has 0 aromatic carbocycles. The molecule has 10 nitrogen and oxygen atoms in total. The summed E-state index contributed by atoms with van der Waals surface area (Å²) in [6.45, 7) is 2.46. The largest absolute Gasteiger partial charge is 0.412 e. The molecule has 0 aliphatic carbocycles. The van der Waals surface area contributed by atoms with E-state index in [0.29, 0.717) is 18.5 Å². The van der Waals surface area contributed by atoms with Gasteiger partial charge in [-0.1, -0.05) is 6.07 Å². The predicted molar refractivity (Wildman–Crippen MR) is 113 cm³/mol. The zero-order chi connectivity index (χ0) is 21.7. The SMILES string of the molecule is Cc1cccc2cc(C3c4nc[nH]c4CCN3C(=O)c3nnc(-c4cccnc4)o3)nn12. The Hall–Kier alpha value is -4.34. The second kappa shape index (κ2) is 7.12. The lowest BCUT2D eigenvalue weighted by molar-refractivity contribution is 0.0646. The number of H-pyrrole nitrogens is 1. The number of nitrogens with zero attached hydrogens (tertiary/aromatic N) is 7. The number of aromatic amines is 1. The highest BCUT2D eigenvalue weighted by molar-refractivity contribution is 5.90. The number of rotatable bonds is 3. The number of fused-ring (bicyclic) bond motifs is 2. The van der Waals surface area contributed by atoms with Gasteiger partial charge in [0.1, 0.15) is 6.04 Å².